The van der Waals surface area contributed by atoms with Gasteiger partial charge >= 0.3 is 6.03 Å². The zero-order valence-electron chi connectivity index (χ0n) is 8.94. The molecule has 0 bridgehead atoms. The molecule has 0 radical (unpaired) electrons. The Morgan fingerprint density at radius 2 is 2.18 bits per heavy atom. The molecule has 1 aliphatic heterocycles. The Kier molecular flexibility index (Phi) is 2.38. The SMILES string of the molecule is CC1Oc2cc(F)c(N)cc2N(C(N)=O)C1=O. The average molecular weight is 239 g/mol. The van der Waals surface area contributed by atoms with Crippen LogP contribution in [-0.2, 0) is 4.79 Å². The summed E-state index contributed by atoms with van der Waals surface area (Å²) >= 11 is 0. The summed E-state index contributed by atoms with van der Waals surface area (Å²) in [5.41, 5.74) is 10.3. The van der Waals surface area contributed by atoms with Crippen LogP contribution in [-0.4, -0.2) is 18.0 Å². The van der Waals surface area contributed by atoms with E-state index in [1.54, 1.807) is 0 Å². The maximum atomic E-state index is 13.2. The van der Waals surface area contributed by atoms with Crippen LogP contribution in [0.2, 0.25) is 0 Å². The second-order valence-corrected chi connectivity index (χ2v) is 3.61. The molecule has 1 atom stereocenters. The van der Waals surface area contributed by atoms with Gasteiger partial charge in [-0.25, -0.2) is 14.1 Å². The molecule has 0 aromatic heterocycles. The van der Waals surface area contributed by atoms with Gasteiger partial charge in [0, 0.05) is 6.07 Å². The first-order valence-electron chi connectivity index (χ1n) is 4.81. The Morgan fingerprint density at radius 3 is 2.76 bits per heavy atom. The molecule has 17 heavy (non-hydrogen) atoms. The van der Waals surface area contributed by atoms with Gasteiger partial charge < -0.3 is 16.2 Å². The van der Waals surface area contributed by atoms with Gasteiger partial charge in [0.25, 0.3) is 5.91 Å². The highest BCUT2D eigenvalue weighted by Gasteiger charge is 2.35. The van der Waals surface area contributed by atoms with Gasteiger partial charge in [-0.3, -0.25) is 4.79 Å². The summed E-state index contributed by atoms with van der Waals surface area (Å²) in [5, 5.41) is 0. The van der Waals surface area contributed by atoms with Crippen LogP contribution < -0.4 is 21.1 Å². The summed E-state index contributed by atoms with van der Waals surface area (Å²) in [5.74, 6) is -1.24. The molecule has 1 aromatic carbocycles. The van der Waals surface area contributed by atoms with Gasteiger partial charge in [-0.2, -0.15) is 0 Å². The monoisotopic (exact) mass is 239 g/mol. The van der Waals surface area contributed by atoms with Crippen LogP contribution in [0.25, 0.3) is 0 Å². The molecular formula is C10H10FN3O3. The number of anilines is 2. The molecular weight excluding hydrogens is 229 g/mol. The summed E-state index contributed by atoms with van der Waals surface area (Å²) in [7, 11) is 0. The molecule has 6 nitrogen and oxygen atoms in total. The molecule has 2 rings (SSSR count). The fraction of sp³-hybridized carbons (Fsp3) is 0.200. The largest absolute Gasteiger partial charge is 0.479 e. The number of halogens is 1. The van der Waals surface area contributed by atoms with Crippen LogP contribution in [0, 0.1) is 5.82 Å². The molecule has 90 valence electrons. The first-order valence-corrected chi connectivity index (χ1v) is 4.81. The van der Waals surface area contributed by atoms with E-state index in [1.165, 1.54) is 6.92 Å². The topological polar surface area (TPSA) is 98.7 Å². The number of benzene rings is 1. The van der Waals surface area contributed by atoms with Gasteiger partial charge in [-0.15, -0.1) is 0 Å². The fourth-order valence-corrected chi connectivity index (χ4v) is 1.60. The van der Waals surface area contributed by atoms with E-state index >= 15 is 0 Å². The molecule has 1 heterocycles. The molecule has 1 aromatic rings. The van der Waals surface area contributed by atoms with Gasteiger partial charge in [-0.1, -0.05) is 0 Å². The zero-order valence-corrected chi connectivity index (χ0v) is 8.94. The van der Waals surface area contributed by atoms with Gasteiger partial charge in [0.1, 0.15) is 11.6 Å². The number of ether oxygens (including phenoxy) is 1. The Hall–Kier alpha value is -2.31. The van der Waals surface area contributed by atoms with Crippen LogP contribution in [0.1, 0.15) is 6.92 Å². The first kappa shape index (κ1) is 11.2. The highest BCUT2D eigenvalue weighted by Crippen LogP contribution is 2.36. The maximum absolute atomic E-state index is 13.2. The minimum absolute atomic E-state index is 0.0551. The van der Waals surface area contributed by atoms with E-state index in [2.05, 4.69) is 0 Å². The van der Waals surface area contributed by atoms with E-state index in [0.29, 0.717) is 0 Å². The third-order valence-electron chi connectivity index (χ3n) is 2.41. The number of nitrogens with two attached hydrogens (primary N) is 2. The summed E-state index contributed by atoms with van der Waals surface area (Å²) in [4.78, 5) is 23.6. The van der Waals surface area contributed by atoms with Crippen molar-refractivity contribution in [1.82, 2.24) is 0 Å². The Balaban J connectivity index is 2.62. The number of carbonyl (C=O) groups is 2. The molecule has 0 saturated carbocycles. The third-order valence-corrected chi connectivity index (χ3v) is 2.41. The second kappa shape index (κ2) is 3.62. The number of hydrogen-bond donors (Lipinski definition) is 2. The van der Waals surface area contributed by atoms with Crippen molar-refractivity contribution < 1.29 is 18.7 Å². The Bertz CT molecular complexity index is 518. The number of imide groups is 1. The Labute approximate surface area is 95.9 Å². The van der Waals surface area contributed by atoms with Crippen LogP contribution in [0.4, 0.5) is 20.6 Å². The predicted octanol–water partition coefficient (Wildman–Crippen LogP) is 0.601. The fourth-order valence-electron chi connectivity index (χ4n) is 1.60. The van der Waals surface area contributed by atoms with Crippen molar-refractivity contribution in [3.8, 4) is 5.75 Å². The van der Waals surface area contributed by atoms with E-state index in [4.69, 9.17) is 16.2 Å². The van der Waals surface area contributed by atoms with E-state index in [1.807, 2.05) is 0 Å². The van der Waals surface area contributed by atoms with E-state index in [-0.39, 0.29) is 17.1 Å². The standard InChI is InChI=1S/C10H10FN3O3/c1-4-9(15)14(10(13)16)7-3-6(12)5(11)2-8(7)17-4/h2-4H,12H2,1H3,(H2,13,16). The number of nitrogens with zero attached hydrogens (tertiary/aromatic N) is 1. The molecule has 0 saturated heterocycles. The smallest absolute Gasteiger partial charge is 0.326 e. The molecule has 1 aliphatic rings. The van der Waals surface area contributed by atoms with Crippen molar-refractivity contribution in [1.29, 1.82) is 0 Å². The maximum Gasteiger partial charge on any atom is 0.326 e. The van der Waals surface area contributed by atoms with Crippen molar-refractivity contribution in [3.05, 3.63) is 17.9 Å². The summed E-state index contributed by atoms with van der Waals surface area (Å²) in [6, 6.07) is 1.19. The number of nitrogen functional groups attached to an aromatic ring is 1. The van der Waals surface area contributed by atoms with Crippen molar-refractivity contribution in [3.63, 3.8) is 0 Å². The predicted molar refractivity (Wildman–Crippen MR) is 58.0 cm³/mol. The van der Waals surface area contributed by atoms with Crippen molar-refractivity contribution >= 4 is 23.3 Å². The lowest BCUT2D eigenvalue weighted by atomic mass is 10.1. The van der Waals surface area contributed by atoms with E-state index in [9.17, 15) is 14.0 Å². The number of primary amides is 1. The number of amides is 3. The molecule has 0 aliphatic carbocycles. The van der Waals surface area contributed by atoms with Crippen molar-refractivity contribution in [2.24, 2.45) is 5.73 Å². The quantitative estimate of drug-likeness (QED) is 0.647. The van der Waals surface area contributed by atoms with Crippen LogP contribution in [0.15, 0.2) is 12.1 Å². The normalized spacial score (nSPS) is 18.6. The summed E-state index contributed by atoms with van der Waals surface area (Å²) in [6.45, 7) is 1.44. The van der Waals surface area contributed by atoms with Gasteiger partial charge in [0.05, 0.1) is 11.4 Å². The van der Waals surface area contributed by atoms with Crippen LogP contribution >= 0.6 is 0 Å². The highest BCUT2D eigenvalue weighted by molar-refractivity contribution is 6.17. The second-order valence-electron chi connectivity index (χ2n) is 3.61. The molecule has 7 heteroatoms. The first-order chi connectivity index (χ1) is 7.91. The van der Waals surface area contributed by atoms with Crippen LogP contribution in [0.5, 0.6) is 5.75 Å². The molecule has 1 unspecified atom stereocenters. The van der Waals surface area contributed by atoms with Crippen molar-refractivity contribution in [2.75, 3.05) is 10.6 Å². The number of rotatable bonds is 0. The van der Waals surface area contributed by atoms with Gasteiger partial charge in [0.15, 0.2) is 6.10 Å². The lowest BCUT2D eigenvalue weighted by Gasteiger charge is -2.30. The molecule has 4 N–H and O–H groups in total. The van der Waals surface area contributed by atoms with E-state index < -0.39 is 23.9 Å². The number of hydrogen-bond acceptors (Lipinski definition) is 4. The number of urea groups is 1. The summed E-state index contributed by atoms with van der Waals surface area (Å²) < 4.78 is 18.4. The lowest BCUT2D eigenvalue weighted by Crippen LogP contribution is -2.50. The Morgan fingerprint density at radius 1 is 1.53 bits per heavy atom. The number of fused-ring (bicyclic) bond motifs is 1. The third kappa shape index (κ3) is 1.65. The zero-order chi connectivity index (χ0) is 12.7. The van der Waals surface area contributed by atoms with E-state index in [0.717, 1.165) is 17.0 Å². The van der Waals surface area contributed by atoms with Crippen molar-refractivity contribution in [2.45, 2.75) is 13.0 Å². The average Bonchev–Trinajstić information content (AvgIpc) is 2.23. The molecule has 0 fully saturated rings. The van der Waals surface area contributed by atoms with Crippen LogP contribution in [0.3, 0.4) is 0 Å². The molecule has 0 spiro atoms. The minimum Gasteiger partial charge on any atom is -0.479 e. The molecule has 3 amide bonds. The minimum atomic E-state index is -0.961. The lowest BCUT2D eigenvalue weighted by molar-refractivity contribution is -0.124. The van der Waals surface area contributed by atoms with Gasteiger partial charge in [0.2, 0.25) is 0 Å². The highest BCUT2D eigenvalue weighted by atomic mass is 19.1. The number of carbonyl (C=O) groups excluding carboxylic acids is 2. The summed E-state index contributed by atoms with van der Waals surface area (Å²) in [6.07, 6.45) is -0.905. The van der Waals surface area contributed by atoms with Gasteiger partial charge in [-0.05, 0) is 13.0 Å².